The molecular formula is C12H16Br2N2O2S. The van der Waals surface area contributed by atoms with Crippen LogP contribution in [0.1, 0.15) is 19.3 Å². The van der Waals surface area contributed by atoms with Crippen LogP contribution in [0.3, 0.4) is 0 Å². The molecule has 19 heavy (non-hydrogen) atoms. The lowest BCUT2D eigenvalue weighted by atomic mass is 10.1. The third-order valence-corrected chi connectivity index (χ3v) is 6.03. The van der Waals surface area contributed by atoms with E-state index in [9.17, 15) is 8.42 Å². The van der Waals surface area contributed by atoms with Gasteiger partial charge in [0, 0.05) is 21.5 Å². The van der Waals surface area contributed by atoms with Gasteiger partial charge in [0.2, 0.25) is 10.0 Å². The molecule has 2 N–H and O–H groups in total. The molecule has 7 heteroatoms. The van der Waals surface area contributed by atoms with Crippen molar-refractivity contribution in [2.24, 2.45) is 0 Å². The van der Waals surface area contributed by atoms with Crippen molar-refractivity contribution >= 4 is 41.9 Å². The van der Waals surface area contributed by atoms with Gasteiger partial charge in [-0.05, 0) is 53.5 Å². The van der Waals surface area contributed by atoms with Crippen LogP contribution in [0.25, 0.3) is 0 Å². The Morgan fingerprint density at radius 2 is 2.11 bits per heavy atom. The summed E-state index contributed by atoms with van der Waals surface area (Å²) in [6.45, 7) is 1.40. The first-order valence-corrected chi connectivity index (χ1v) is 9.24. The summed E-state index contributed by atoms with van der Waals surface area (Å²) >= 11 is 6.57. The average Bonchev–Trinajstić information content (AvgIpc) is 2.40. The molecule has 1 aliphatic heterocycles. The van der Waals surface area contributed by atoms with E-state index >= 15 is 0 Å². The number of hydrogen-bond acceptors (Lipinski definition) is 3. The molecule has 1 aromatic carbocycles. The van der Waals surface area contributed by atoms with E-state index in [-0.39, 0.29) is 10.9 Å². The Morgan fingerprint density at radius 3 is 2.79 bits per heavy atom. The summed E-state index contributed by atoms with van der Waals surface area (Å²) in [4.78, 5) is 0.262. The molecular weight excluding hydrogens is 396 g/mol. The van der Waals surface area contributed by atoms with E-state index < -0.39 is 10.0 Å². The monoisotopic (exact) mass is 410 g/mol. The first-order valence-electron chi connectivity index (χ1n) is 6.17. The predicted molar refractivity (Wildman–Crippen MR) is 82.7 cm³/mol. The van der Waals surface area contributed by atoms with Crippen molar-refractivity contribution in [1.29, 1.82) is 0 Å². The van der Waals surface area contributed by atoms with E-state index in [0.29, 0.717) is 11.0 Å². The summed E-state index contributed by atoms with van der Waals surface area (Å²) in [5, 5.41) is 3.32. The molecule has 1 heterocycles. The molecule has 2 rings (SSSR count). The van der Waals surface area contributed by atoms with Gasteiger partial charge in [0.05, 0.1) is 4.90 Å². The molecule has 1 atom stereocenters. The summed E-state index contributed by atoms with van der Waals surface area (Å²) in [6, 6.07) is 5.35. The van der Waals surface area contributed by atoms with Crippen LogP contribution in [0.4, 0.5) is 0 Å². The Labute approximate surface area is 130 Å². The van der Waals surface area contributed by atoms with Gasteiger partial charge in [-0.25, -0.2) is 13.1 Å². The molecule has 4 nitrogen and oxygen atoms in total. The molecule has 1 aliphatic rings. The molecule has 0 amide bonds. The van der Waals surface area contributed by atoms with Gasteiger partial charge < -0.3 is 5.32 Å². The summed E-state index contributed by atoms with van der Waals surface area (Å²) in [5.74, 6) is 0. The quantitative estimate of drug-likeness (QED) is 0.800. The molecule has 0 aliphatic carbocycles. The Hall–Kier alpha value is 0.0500. The number of benzene rings is 1. The molecule has 1 fully saturated rings. The Morgan fingerprint density at radius 1 is 1.32 bits per heavy atom. The molecule has 0 radical (unpaired) electrons. The number of nitrogens with one attached hydrogen (secondary N) is 2. The van der Waals surface area contributed by atoms with Gasteiger partial charge in [0.15, 0.2) is 0 Å². The predicted octanol–water partition coefficient (Wildman–Crippen LogP) is 2.63. The molecule has 1 saturated heterocycles. The van der Waals surface area contributed by atoms with Gasteiger partial charge >= 0.3 is 0 Å². The lowest BCUT2D eigenvalue weighted by Gasteiger charge is -2.23. The summed E-state index contributed by atoms with van der Waals surface area (Å²) in [5.41, 5.74) is 0. The van der Waals surface area contributed by atoms with E-state index in [4.69, 9.17) is 0 Å². The lowest BCUT2D eigenvalue weighted by Crippen LogP contribution is -2.43. The van der Waals surface area contributed by atoms with Gasteiger partial charge in [-0.3, -0.25) is 0 Å². The highest BCUT2D eigenvalue weighted by Crippen LogP contribution is 2.25. The number of sulfonamides is 1. The van der Waals surface area contributed by atoms with E-state index in [1.807, 2.05) is 0 Å². The van der Waals surface area contributed by atoms with Gasteiger partial charge in [-0.2, -0.15) is 0 Å². The molecule has 0 spiro atoms. The maximum Gasteiger partial charge on any atom is 0.241 e. The third-order valence-electron chi connectivity index (χ3n) is 3.11. The fourth-order valence-corrected chi connectivity index (χ4v) is 4.65. The first kappa shape index (κ1) is 15.4. The summed E-state index contributed by atoms with van der Waals surface area (Å²) < 4.78 is 28.5. The number of piperidine rings is 1. The zero-order valence-electron chi connectivity index (χ0n) is 10.3. The molecule has 1 unspecified atom stereocenters. The topological polar surface area (TPSA) is 58.2 Å². The van der Waals surface area contributed by atoms with Gasteiger partial charge in [0.25, 0.3) is 0 Å². The highest BCUT2D eigenvalue weighted by atomic mass is 79.9. The summed E-state index contributed by atoms with van der Waals surface area (Å²) in [7, 11) is -3.48. The van der Waals surface area contributed by atoms with Gasteiger partial charge in [-0.1, -0.05) is 22.4 Å². The molecule has 0 bridgehead atoms. The minimum absolute atomic E-state index is 0.231. The second-order valence-electron chi connectivity index (χ2n) is 4.57. The van der Waals surface area contributed by atoms with Crippen LogP contribution in [-0.4, -0.2) is 27.5 Å². The van der Waals surface area contributed by atoms with Crippen molar-refractivity contribution in [3.05, 3.63) is 27.1 Å². The number of halogens is 2. The zero-order chi connectivity index (χ0) is 13.9. The fraction of sp³-hybridized carbons (Fsp3) is 0.500. The largest absolute Gasteiger partial charge is 0.313 e. The van der Waals surface area contributed by atoms with E-state index in [2.05, 4.69) is 41.9 Å². The Kier molecular flexibility index (Phi) is 5.42. The Bertz CT molecular complexity index is 543. The van der Waals surface area contributed by atoms with Crippen LogP contribution in [-0.2, 0) is 10.0 Å². The highest BCUT2D eigenvalue weighted by molar-refractivity contribution is 9.11. The second kappa shape index (κ2) is 6.67. The minimum atomic E-state index is -3.48. The van der Waals surface area contributed by atoms with Crippen LogP contribution in [0.15, 0.2) is 32.0 Å². The number of hydrogen-bond donors (Lipinski definition) is 2. The molecule has 106 valence electrons. The Balaban J connectivity index is 2.07. The fourth-order valence-electron chi connectivity index (χ4n) is 2.07. The van der Waals surface area contributed by atoms with Crippen molar-refractivity contribution in [3.8, 4) is 0 Å². The minimum Gasteiger partial charge on any atom is -0.313 e. The summed E-state index contributed by atoms with van der Waals surface area (Å²) in [6.07, 6.45) is 3.34. The smallest absolute Gasteiger partial charge is 0.241 e. The standard InChI is InChI=1S/C12H16Br2N2O2S/c13-9-4-5-11(14)12(7-9)19(17,18)16-8-10-3-1-2-6-15-10/h4-5,7,10,15-16H,1-3,6,8H2. The van der Waals surface area contributed by atoms with Crippen molar-refractivity contribution in [2.75, 3.05) is 13.1 Å². The third kappa shape index (κ3) is 4.26. The molecule has 1 aromatic rings. The van der Waals surface area contributed by atoms with Crippen LogP contribution in [0.5, 0.6) is 0 Å². The van der Waals surface area contributed by atoms with Gasteiger partial charge in [-0.15, -0.1) is 0 Å². The van der Waals surface area contributed by atoms with E-state index in [0.717, 1.165) is 23.9 Å². The SMILES string of the molecule is O=S(=O)(NCC1CCCCN1)c1cc(Br)ccc1Br. The molecule has 0 aromatic heterocycles. The number of rotatable bonds is 4. The van der Waals surface area contributed by atoms with Crippen LogP contribution in [0, 0.1) is 0 Å². The zero-order valence-corrected chi connectivity index (χ0v) is 14.3. The highest BCUT2D eigenvalue weighted by Gasteiger charge is 2.20. The average molecular weight is 412 g/mol. The maximum atomic E-state index is 12.3. The van der Waals surface area contributed by atoms with Crippen LogP contribution in [0.2, 0.25) is 0 Å². The van der Waals surface area contributed by atoms with Crippen molar-refractivity contribution in [2.45, 2.75) is 30.2 Å². The first-order chi connectivity index (χ1) is 8.99. The van der Waals surface area contributed by atoms with Crippen molar-refractivity contribution in [1.82, 2.24) is 10.0 Å². The van der Waals surface area contributed by atoms with Crippen LogP contribution < -0.4 is 10.0 Å². The van der Waals surface area contributed by atoms with E-state index in [1.54, 1.807) is 18.2 Å². The maximum absolute atomic E-state index is 12.3. The van der Waals surface area contributed by atoms with Crippen molar-refractivity contribution < 1.29 is 8.42 Å². The van der Waals surface area contributed by atoms with Crippen molar-refractivity contribution in [3.63, 3.8) is 0 Å². The molecule has 0 saturated carbocycles. The van der Waals surface area contributed by atoms with E-state index in [1.165, 1.54) is 6.42 Å². The van der Waals surface area contributed by atoms with Crippen LogP contribution >= 0.6 is 31.9 Å². The second-order valence-corrected chi connectivity index (χ2v) is 8.08. The lowest BCUT2D eigenvalue weighted by molar-refractivity contribution is 0.398. The normalized spacial score (nSPS) is 20.4. The van der Waals surface area contributed by atoms with Gasteiger partial charge in [0.1, 0.15) is 0 Å².